The SMILES string of the molecule is CCNC(=NCc1ccc(OC)cc1)NCc1ncnn1C.I. The van der Waals surface area contributed by atoms with Gasteiger partial charge in [0.1, 0.15) is 17.9 Å². The van der Waals surface area contributed by atoms with Crippen LogP contribution in [0.3, 0.4) is 0 Å². The fourth-order valence-electron chi connectivity index (χ4n) is 1.89. The molecule has 1 aromatic carbocycles. The Hall–Kier alpha value is -1.84. The van der Waals surface area contributed by atoms with Gasteiger partial charge in [-0.15, -0.1) is 24.0 Å². The Kier molecular flexibility index (Phi) is 8.38. The highest BCUT2D eigenvalue weighted by molar-refractivity contribution is 14.0. The molecule has 0 saturated carbocycles. The fourth-order valence-corrected chi connectivity index (χ4v) is 1.89. The van der Waals surface area contributed by atoms with E-state index in [1.807, 2.05) is 38.2 Å². The molecule has 0 radical (unpaired) electrons. The molecule has 0 atom stereocenters. The second-order valence-corrected chi connectivity index (χ2v) is 4.70. The minimum Gasteiger partial charge on any atom is -0.497 e. The Morgan fingerprint density at radius 1 is 1.26 bits per heavy atom. The van der Waals surface area contributed by atoms with Gasteiger partial charge in [0, 0.05) is 13.6 Å². The van der Waals surface area contributed by atoms with E-state index in [4.69, 9.17) is 4.74 Å². The quantitative estimate of drug-likeness (QED) is 0.415. The first-order chi connectivity index (χ1) is 10.7. The smallest absolute Gasteiger partial charge is 0.191 e. The van der Waals surface area contributed by atoms with Crippen LogP contribution in [-0.4, -0.2) is 34.4 Å². The van der Waals surface area contributed by atoms with Crippen LogP contribution in [0.4, 0.5) is 0 Å². The molecular weight excluding hydrogens is 407 g/mol. The maximum Gasteiger partial charge on any atom is 0.191 e. The minimum atomic E-state index is 0. The van der Waals surface area contributed by atoms with Crippen molar-refractivity contribution in [2.75, 3.05) is 13.7 Å². The van der Waals surface area contributed by atoms with E-state index in [0.717, 1.165) is 29.6 Å². The first kappa shape index (κ1) is 19.2. The second-order valence-electron chi connectivity index (χ2n) is 4.70. The minimum absolute atomic E-state index is 0. The lowest BCUT2D eigenvalue weighted by Gasteiger charge is -2.11. The first-order valence-corrected chi connectivity index (χ1v) is 7.21. The summed E-state index contributed by atoms with van der Waals surface area (Å²) in [5.74, 6) is 2.46. The van der Waals surface area contributed by atoms with Crippen molar-refractivity contribution in [1.82, 2.24) is 25.4 Å². The number of guanidine groups is 1. The largest absolute Gasteiger partial charge is 0.497 e. The van der Waals surface area contributed by atoms with Gasteiger partial charge in [-0.1, -0.05) is 12.1 Å². The average molecular weight is 430 g/mol. The third-order valence-corrected chi connectivity index (χ3v) is 3.14. The van der Waals surface area contributed by atoms with Crippen molar-refractivity contribution in [3.63, 3.8) is 0 Å². The van der Waals surface area contributed by atoms with Gasteiger partial charge in [0.15, 0.2) is 5.96 Å². The van der Waals surface area contributed by atoms with Crippen molar-refractivity contribution in [2.45, 2.75) is 20.0 Å². The van der Waals surface area contributed by atoms with Crippen molar-refractivity contribution in [1.29, 1.82) is 0 Å². The normalized spacial score (nSPS) is 10.8. The number of rotatable bonds is 6. The maximum absolute atomic E-state index is 5.15. The van der Waals surface area contributed by atoms with Gasteiger partial charge in [-0.2, -0.15) is 5.10 Å². The lowest BCUT2D eigenvalue weighted by molar-refractivity contribution is 0.414. The molecule has 8 heteroatoms. The van der Waals surface area contributed by atoms with Crippen molar-refractivity contribution in [3.05, 3.63) is 42.0 Å². The molecule has 126 valence electrons. The molecule has 2 rings (SSSR count). The van der Waals surface area contributed by atoms with Crippen molar-refractivity contribution < 1.29 is 4.74 Å². The molecule has 0 saturated heterocycles. The van der Waals surface area contributed by atoms with Gasteiger partial charge in [0.25, 0.3) is 0 Å². The molecule has 0 aliphatic carbocycles. The molecular formula is C15H23IN6O. The maximum atomic E-state index is 5.15. The highest BCUT2D eigenvalue weighted by Gasteiger charge is 2.02. The number of hydrogen-bond donors (Lipinski definition) is 2. The lowest BCUT2D eigenvalue weighted by atomic mass is 10.2. The van der Waals surface area contributed by atoms with Crippen LogP contribution >= 0.6 is 24.0 Å². The van der Waals surface area contributed by atoms with E-state index in [-0.39, 0.29) is 24.0 Å². The zero-order valence-electron chi connectivity index (χ0n) is 13.6. The monoisotopic (exact) mass is 430 g/mol. The number of benzene rings is 1. The van der Waals surface area contributed by atoms with E-state index in [1.54, 1.807) is 18.1 Å². The van der Waals surface area contributed by atoms with Gasteiger partial charge in [-0.05, 0) is 24.6 Å². The van der Waals surface area contributed by atoms with Gasteiger partial charge in [0.05, 0.1) is 20.2 Å². The third kappa shape index (κ3) is 6.05. The summed E-state index contributed by atoms with van der Waals surface area (Å²) in [4.78, 5) is 8.74. The van der Waals surface area contributed by atoms with E-state index in [2.05, 4.69) is 25.7 Å². The van der Waals surface area contributed by atoms with Crippen molar-refractivity contribution >= 4 is 29.9 Å². The summed E-state index contributed by atoms with van der Waals surface area (Å²) in [7, 11) is 3.53. The summed E-state index contributed by atoms with van der Waals surface area (Å²) in [6.07, 6.45) is 1.54. The lowest BCUT2D eigenvalue weighted by Crippen LogP contribution is -2.37. The number of nitrogens with one attached hydrogen (secondary N) is 2. The summed E-state index contributed by atoms with van der Waals surface area (Å²) in [5, 5.41) is 10.5. The Morgan fingerprint density at radius 3 is 2.57 bits per heavy atom. The Morgan fingerprint density at radius 2 is 2.00 bits per heavy atom. The molecule has 1 heterocycles. The van der Waals surface area contributed by atoms with Gasteiger partial charge in [0.2, 0.25) is 0 Å². The number of halogens is 1. The molecule has 0 aliphatic heterocycles. The molecule has 2 aromatic rings. The molecule has 2 N–H and O–H groups in total. The molecule has 0 aliphatic rings. The molecule has 1 aromatic heterocycles. The summed E-state index contributed by atoms with van der Waals surface area (Å²) in [5.41, 5.74) is 1.12. The van der Waals surface area contributed by atoms with Crippen LogP contribution < -0.4 is 15.4 Å². The molecule has 0 amide bonds. The van der Waals surface area contributed by atoms with Gasteiger partial charge < -0.3 is 15.4 Å². The molecule has 0 fully saturated rings. The molecule has 0 bridgehead atoms. The van der Waals surface area contributed by atoms with Gasteiger partial charge in [-0.25, -0.2) is 9.98 Å². The Bertz CT molecular complexity index is 611. The number of aromatic nitrogens is 3. The highest BCUT2D eigenvalue weighted by atomic mass is 127. The van der Waals surface area contributed by atoms with Crippen LogP contribution in [0.1, 0.15) is 18.3 Å². The number of hydrogen-bond acceptors (Lipinski definition) is 4. The number of aliphatic imine (C=N–C) groups is 1. The van der Waals surface area contributed by atoms with Crippen molar-refractivity contribution in [3.8, 4) is 5.75 Å². The Balaban J connectivity index is 0.00000264. The first-order valence-electron chi connectivity index (χ1n) is 7.21. The van der Waals surface area contributed by atoms with Crippen LogP contribution in [0, 0.1) is 0 Å². The second kappa shape index (κ2) is 10.0. The van der Waals surface area contributed by atoms with E-state index in [0.29, 0.717) is 13.1 Å². The topological polar surface area (TPSA) is 76.4 Å². The molecule has 7 nitrogen and oxygen atoms in total. The third-order valence-electron chi connectivity index (χ3n) is 3.14. The number of nitrogens with zero attached hydrogens (tertiary/aromatic N) is 4. The van der Waals surface area contributed by atoms with E-state index in [1.165, 1.54) is 0 Å². The van der Waals surface area contributed by atoms with E-state index in [9.17, 15) is 0 Å². The van der Waals surface area contributed by atoms with E-state index >= 15 is 0 Å². The van der Waals surface area contributed by atoms with Crippen LogP contribution in [-0.2, 0) is 20.1 Å². The molecule has 0 unspecified atom stereocenters. The zero-order valence-corrected chi connectivity index (χ0v) is 15.9. The van der Waals surface area contributed by atoms with Crippen LogP contribution in [0.15, 0.2) is 35.6 Å². The number of methoxy groups -OCH3 is 1. The predicted molar refractivity (Wildman–Crippen MR) is 101 cm³/mol. The van der Waals surface area contributed by atoms with Gasteiger partial charge in [-0.3, -0.25) is 4.68 Å². The fraction of sp³-hybridized carbons (Fsp3) is 0.400. The zero-order chi connectivity index (χ0) is 15.8. The van der Waals surface area contributed by atoms with Crippen molar-refractivity contribution in [2.24, 2.45) is 12.0 Å². The summed E-state index contributed by atoms with van der Waals surface area (Å²) in [6.45, 7) is 4.00. The number of aryl methyl sites for hydroxylation is 1. The number of ether oxygens (including phenoxy) is 1. The summed E-state index contributed by atoms with van der Waals surface area (Å²) < 4.78 is 6.88. The molecule has 23 heavy (non-hydrogen) atoms. The average Bonchev–Trinajstić information content (AvgIpc) is 2.96. The summed E-state index contributed by atoms with van der Waals surface area (Å²) >= 11 is 0. The van der Waals surface area contributed by atoms with Gasteiger partial charge >= 0.3 is 0 Å². The highest BCUT2D eigenvalue weighted by Crippen LogP contribution is 2.11. The van der Waals surface area contributed by atoms with Crippen LogP contribution in [0.25, 0.3) is 0 Å². The predicted octanol–water partition coefficient (Wildman–Crippen LogP) is 1.70. The van der Waals surface area contributed by atoms with Crippen LogP contribution in [0.2, 0.25) is 0 Å². The molecule has 0 spiro atoms. The van der Waals surface area contributed by atoms with Crippen LogP contribution in [0.5, 0.6) is 5.75 Å². The summed E-state index contributed by atoms with van der Waals surface area (Å²) in [6, 6.07) is 7.89. The Labute approximate surface area is 153 Å². The van der Waals surface area contributed by atoms with E-state index < -0.39 is 0 Å². The standard InChI is InChI=1S/C15H22N6O.HI/c1-4-16-15(18-10-14-19-11-20-21(14)2)17-9-12-5-7-13(22-3)8-6-12;/h5-8,11H,4,9-10H2,1-3H3,(H2,16,17,18);1H.